The molecule has 0 saturated heterocycles. The summed E-state index contributed by atoms with van der Waals surface area (Å²) in [7, 11) is -3.36. The normalized spacial score (nSPS) is 13.0. The summed E-state index contributed by atoms with van der Waals surface area (Å²) in [6.07, 6.45) is 1.79. The van der Waals surface area contributed by atoms with Crippen molar-refractivity contribution < 1.29 is 22.7 Å². The lowest BCUT2D eigenvalue weighted by Crippen LogP contribution is -2.39. The maximum absolute atomic E-state index is 12.3. The summed E-state index contributed by atoms with van der Waals surface area (Å²) < 4.78 is 35.9. The van der Waals surface area contributed by atoms with Crippen molar-refractivity contribution in [3.63, 3.8) is 0 Å². The molecule has 0 unspecified atom stereocenters. The molecule has 1 amide bonds. The first-order valence-electron chi connectivity index (χ1n) is 8.60. The Bertz CT molecular complexity index is 900. The first kappa shape index (κ1) is 19.2. The number of sulfonamides is 1. The van der Waals surface area contributed by atoms with E-state index in [-0.39, 0.29) is 25.8 Å². The van der Waals surface area contributed by atoms with E-state index in [0.29, 0.717) is 30.0 Å². The predicted molar refractivity (Wildman–Crippen MR) is 101 cm³/mol. The van der Waals surface area contributed by atoms with Gasteiger partial charge in [0.25, 0.3) is 5.91 Å². The molecular formula is C19H22N2O5S. The monoisotopic (exact) mass is 390 g/mol. The first-order valence-corrected chi connectivity index (χ1v) is 10.5. The number of hydrogen-bond acceptors (Lipinski definition) is 5. The fraction of sp³-hybridized carbons (Fsp3) is 0.316. The number of carbonyl (C=O) groups excluding carboxylic acids is 1. The van der Waals surface area contributed by atoms with Crippen LogP contribution in [0.4, 0.5) is 0 Å². The van der Waals surface area contributed by atoms with Crippen LogP contribution in [0.3, 0.4) is 0 Å². The maximum atomic E-state index is 12.3. The fourth-order valence-electron chi connectivity index (χ4n) is 2.78. The molecule has 27 heavy (non-hydrogen) atoms. The van der Waals surface area contributed by atoms with Gasteiger partial charge in [0.15, 0.2) is 11.5 Å². The molecule has 7 nitrogen and oxygen atoms in total. The first-order chi connectivity index (χ1) is 12.9. The zero-order valence-electron chi connectivity index (χ0n) is 15.1. The van der Waals surface area contributed by atoms with Crippen LogP contribution in [0.1, 0.15) is 15.9 Å². The third kappa shape index (κ3) is 5.21. The second kappa shape index (κ2) is 8.41. The SMILES string of the molecule is CS(=O)(=O)N(CCNC(=O)c1ccc2c(c1)OCO2)CCc1ccccc1. The van der Waals surface area contributed by atoms with E-state index in [4.69, 9.17) is 9.47 Å². The summed E-state index contributed by atoms with van der Waals surface area (Å²) in [5.41, 5.74) is 1.50. The second-order valence-electron chi connectivity index (χ2n) is 6.22. The Morgan fingerprint density at radius 2 is 1.81 bits per heavy atom. The number of nitrogens with zero attached hydrogens (tertiary/aromatic N) is 1. The highest BCUT2D eigenvalue weighted by Gasteiger charge is 2.18. The van der Waals surface area contributed by atoms with Crippen LogP contribution in [0.25, 0.3) is 0 Å². The molecule has 0 aromatic heterocycles. The van der Waals surface area contributed by atoms with E-state index in [2.05, 4.69) is 5.32 Å². The summed E-state index contributed by atoms with van der Waals surface area (Å²) in [5, 5.41) is 2.75. The van der Waals surface area contributed by atoms with Crippen molar-refractivity contribution in [2.75, 3.05) is 32.7 Å². The molecule has 8 heteroatoms. The van der Waals surface area contributed by atoms with Crippen molar-refractivity contribution in [3.05, 3.63) is 59.7 Å². The molecule has 0 radical (unpaired) electrons. The Kier molecular flexibility index (Phi) is 5.98. The quantitative estimate of drug-likeness (QED) is 0.741. The highest BCUT2D eigenvalue weighted by molar-refractivity contribution is 7.88. The zero-order chi connectivity index (χ0) is 19.3. The summed E-state index contributed by atoms with van der Waals surface area (Å²) >= 11 is 0. The second-order valence-corrected chi connectivity index (χ2v) is 8.20. The highest BCUT2D eigenvalue weighted by atomic mass is 32.2. The van der Waals surface area contributed by atoms with Crippen molar-refractivity contribution >= 4 is 15.9 Å². The number of nitrogens with one attached hydrogen (secondary N) is 1. The van der Waals surface area contributed by atoms with Crippen LogP contribution in [0, 0.1) is 0 Å². The topological polar surface area (TPSA) is 84.9 Å². The van der Waals surface area contributed by atoms with Gasteiger partial charge in [0, 0.05) is 25.2 Å². The van der Waals surface area contributed by atoms with Gasteiger partial charge in [-0.2, -0.15) is 0 Å². The van der Waals surface area contributed by atoms with Crippen molar-refractivity contribution in [3.8, 4) is 11.5 Å². The van der Waals surface area contributed by atoms with E-state index >= 15 is 0 Å². The van der Waals surface area contributed by atoms with Gasteiger partial charge >= 0.3 is 0 Å². The molecule has 2 aromatic rings. The fourth-order valence-corrected chi connectivity index (χ4v) is 3.62. The van der Waals surface area contributed by atoms with Gasteiger partial charge in [-0.25, -0.2) is 12.7 Å². The van der Waals surface area contributed by atoms with E-state index < -0.39 is 10.0 Å². The molecule has 0 fully saturated rings. The summed E-state index contributed by atoms with van der Waals surface area (Å²) in [5.74, 6) is 0.851. The van der Waals surface area contributed by atoms with Crippen LogP contribution >= 0.6 is 0 Å². The third-order valence-electron chi connectivity index (χ3n) is 4.24. The molecule has 0 spiro atoms. The van der Waals surface area contributed by atoms with Crippen molar-refractivity contribution in [2.24, 2.45) is 0 Å². The number of benzene rings is 2. The van der Waals surface area contributed by atoms with Crippen LogP contribution in [0.5, 0.6) is 11.5 Å². The van der Waals surface area contributed by atoms with Crippen LogP contribution in [0.2, 0.25) is 0 Å². The molecule has 3 rings (SSSR count). The minimum Gasteiger partial charge on any atom is -0.454 e. The minimum absolute atomic E-state index is 0.144. The minimum atomic E-state index is -3.36. The van der Waals surface area contributed by atoms with Crippen molar-refractivity contribution in [2.45, 2.75) is 6.42 Å². The molecule has 144 valence electrons. The Balaban J connectivity index is 1.53. The van der Waals surface area contributed by atoms with Gasteiger partial charge in [-0.15, -0.1) is 0 Å². The Labute approximate surface area is 158 Å². The van der Waals surface area contributed by atoms with Crippen LogP contribution in [-0.4, -0.2) is 51.3 Å². The van der Waals surface area contributed by atoms with E-state index in [1.165, 1.54) is 10.6 Å². The number of rotatable bonds is 8. The van der Waals surface area contributed by atoms with E-state index in [0.717, 1.165) is 5.56 Å². The summed E-state index contributed by atoms with van der Waals surface area (Å²) in [6.45, 7) is 0.935. The molecule has 1 aliphatic rings. The van der Waals surface area contributed by atoms with E-state index in [1.54, 1.807) is 18.2 Å². The Morgan fingerprint density at radius 1 is 1.07 bits per heavy atom. The van der Waals surface area contributed by atoms with Gasteiger partial charge < -0.3 is 14.8 Å². The van der Waals surface area contributed by atoms with Crippen LogP contribution in [-0.2, 0) is 16.4 Å². The van der Waals surface area contributed by atoms with Gasteiger partial charge in [0.1, 0.15) is 0 Å². The lowest BCUT2D eigenvalue weighted by atomic mass is 10.1. The lowest BCUT2D eigenvalue weighted by molar-refractivity contribution is 0.0951. The number of fused-ring (bicyclic) bond motifs is 1. The van der Waals surface area contributed by atoms with Crippen LogP contribution < -0.4 is 14.8 Å². The molecule has 1 aliphatic heterocycles. The Hall–Kier alpha value is -2.58. The van der Waals surface area contributed by atoms with Crippen molar-refractivity contribution in [1.29, 1.82) is 0 Å². The number of ether oxygens (including phenoxy) is 2. The third-order valence-corrected chi connectivity index (χ3v) is 5.55. The molecule has 2 aromatic carbocycles. The van der Waals surface area contributed by atoms with E-state index in [9.17, 15) is 13.2 Å². The Morgan fingerprint density at radius 3 is 2.56 bits per heavy atom. The molecule has 1 N–H and O–H groups in total. The number of amides is 1. The maximum Gasteiger partial charge on any atom is 0.251 e. The van der Waals surface area contributed by atoms with Gasteiger partial charge in [-0.05, 0) is 30.2 Å². The molecular weight excluding hydrogens is 368 g/mol. The average Bonchev–Trinajstić information content (AvgIpc) is 3.12. The standard InChI is InChI=1S/C19H22N2O5S/c1-27(23,24)21(11-9-15-5-3-2-4-6-15)12-10-20-19(22)16-7-8-17-18(13-16)26-14-25-17/h2-8,13H,9-12,14H2,1H3,(H,20,22). The highest BCUT2D eigenvalue weighted by Crippen LogP contribution is 2.32. The smallest absolute Gasteiger partial charge is 0.251 e. The average molecular weight is 390 g/mol. The largest absolute Gasteiger partial charge is 0.454 e. The lowest BCUT2D eigenvalue weighted by Gasteiger charge is -2.20. The molecule has 1 heterocycles. The number of carbonyl (C=O) groups is 1. The number of hydrogen-bond donors (Lipinski definition) is 1. The summed E-state index contributed by atoms with van der Waals surface area (Å²) in [6, 6.07) is 14.6. The van der Waals surface area contributed by atoms with Gasteiger partial charge in [-0.1, -0.05) is 30.3 Å². The summed E-state index contributed by atoms with van der Waals surface area (Å²) in [4.78, 5) is 12.3. The predicted octanol–water partition coefficient (Wildman–Crippen LogP) is 1.65. The van der Waals surface area contributed by atoms with Gasteiger partial charge in [-0.3, -0.25) is 4.79 Å². The van der Waals surface area contributed by atoms with Gasteiger partial charge in [0.05, 0.1) is 6.26 Å². The molecule has 0 bridgehead atoms. The molecule has 0 saturated carbocycles. The van der Waals surface area contributed by atoms with Gasteiger partial charge in [0.2, 0.25) is 16.8 Å². The molecule has 0 atom stereocenters. The van der Waals surface area contributed by atoms with Crippen LogP contribution in [0.15, 0.2) is 48.5 Å². The zero-order valence-corrected chi connectivity index (χ0v) is 15.9. The van der Waals surface area contributed by atoms with Crippen molar-refractivity contribution in [1.82, 2.24) is 9.62 Å². The van der Waals surface area contributed by atoms with E-state index in [1.807, 2.05) is 30.3 Å². The molecule has 0 aliphatic carbocycles.